The average Bonchev–Trinajstić information content (AvgIpc) is 3.08. The predicted molar refractivity (Wildman–Crippen MR) is 107 cm³/mol. The Labute approximate surface area is 150 Å². The molecule has 4 heteroatoms. The van der Waals surface area contributed by atoms with Gasteiger partial charge in [-0.05, 0) is 37.3 Å². The molecule has 5 aromatic rings. The number of nitrogens with one attached hydrogen (secondary N) is 2. The van der Waals surface area contributed by atoms with Crippen LogP contribution in [-0.4, -0.2) is 15.0 Å². The molecule has 0 bridgehead atoms. The van der Waals surface area contributed by atoms with Crippen molar-refractivity contribution in [1.82, 2.24) is 15.0 Å². The summed E-state index contributed by atoms with van der Waals surface area (Å²) in [6, 6.07) is 22.7. The quantitative estimate of drug-likeness (QED) is 0.445. The van der Waals surface area contributed by atoms with Crippen molar-refractivity contribution >= 4 is 38.5 Å². The van der Waals surface area contributed by atoms with Gasteiger partial charge >= 0.3 is 0 Å². The molecule has 126 valence electrons. The number of H-pyrrole nitrogens is 1. The predicted octanol–water partition coefficient (Wildman–Crippen LogP) is 5.18. The van der Waals surface area contributed by atoms with E-state index in [9.17, 15) is 0 Å². The molecule has 4 nitrogen and oxygen atoms in total. The number of para-hydroxylation sites is 3. The first-order chi connectivity index (χ1) is 12.8. The maximum Gasteiger partial charge on any atom is 0.126 e. The van der Waals surface area contributed by atoms with Crippen molar-refractivity contribution in [3.8, 4) is 0 Å². The largest absolute Gasteiger partial charge is 0.377 e. The van der Waals surface area contributed by atoms with E-state index in [0.717, 1.165) is 44.4 Å². The van der Waals surface area contributed by atoms with E-state index in [0.29, 0.717) is 6.54 Å². The van der Waals surface area contributed by atoms with Crippen LogP contribution in [0.15, 0.2) is 66.7 Å². The summed E-state index contributed by atoms with van der Waals surface area (Å²) in [7, 11) is 0. The van der Waals surface area contributed by atoms with Crippen molar-refractivity contribution in [1.29, 1.82) is 0 Å². The number of anilines is 1. The number of rotatable bonds is 3. The summed E-state index contributed by atoms with van der Waals surface area (Å²) in [6.07, 6.45) is 0. The molecule has 2 N–H and O–H groups in total. The standard InChI is InChI=1S/C22H18N4/c1-14-10-11-18-16(12-14)22(15-6-2-3-7-17(15)24-18)23-13-21-25-19-8-4-5-9-20(19)26-21/h2-12H,13H2,1H3,(H,23,24)(H,25,26). The minimum atomic E-state index is 0.631. The number of hydrogen-bond acceptors (Lipinski definition) is 3. The minimum absolute atomic E-state index is 0.631. The van der Waals surface area contributed by atoms with Gasteiger partial charge < -0.3 is 10.3 Å². The number of pyridine rings is 1. The van der Waals surface area contributed by atoms with Gasteiger partial charge in [-0.3, -0.25) is 0 Å². The summed E-state index contributed by atoms with van der Waals surface area (Å²) in [5.74, 6) is 0.924. The highest BCUT2D eigenvalue weighted by atomic mass is 15.0. The first-order valence-corrected chi connectivity index (χ1v) is 8.74. The third-order valence-corrected chi connectivity index (χ3v) is 4.71. The van der Waals surface area contributed by atoms with E-state index < -0.39 is 0 Å². The summed E-state index contributed by atoms with van der Waals surface area (Å²) < 4.78 is 0. The molecule has 0 unspecified atom stereocenters. The Bertz CT molecular complexity index is 1220. The minimum Gasteiger partial charge on any atom is -0.377 e. The van der Waals surface area contributed by atoms with Gasteiger partial charge in [-0.15, -0.1) is 0 Å². The molecule has 3 aromatic carbocycles. The van der Waals surface area contributed by atoms with E-state index in [4.69, 9.17) is 4.98 Å². The van der Waals surface area contributed by atoms with Crippen molar-refractivity contribution in [2.45, 2.75) is 13.5 Å². The van der Waals surface area contributed by atoms with Gasteiger partial charge in [0.1, 0.15) is 5.82 Å². The lowest BCUT2D eigenvalue weighted by Gasteiger charge is -2.13. The van der Waals surface area contributed by atoms with Crippen LogP contribution in [0.1, 0.15) is 11.4 Å². The van der Waals surface area contributed by atoms with Gasteiger partial charge in [0.2, 0.25) is 0 Å². The van der Waals surface area contributed by atoms with E-state index >= 15 is 0 Å². The molecule has 0 saturated carbocycles. The molecule has 0 radical (unpaired) electrons. The SMILES string of the molecule is Cc1ccc2nc3ccccc3c(NCc3nc4ccccc4[nH]3)c2c1. The third kappa shape index (κ3) is 2.47. The van der Waals surface area contributed by atoms with E-state index in [-0.39, 0.29) is 0 Å². The zero-order chi connectivity index (χ0) is 17.5. The van der Waals surface area contributed by atoms with Crippen LogP contribution in [0.3, 0.4) is 0 Å². The van der Waals surface area contributed by atoms with Crippen molar-refractivity contribution in [3.63, 3.8) is 0 Å². The van der Waals surface area contributed by atoms with Crippen LogP contribution in [0.5, 0.6) is 0 Å². The highest BCUT2D eigenvalue weighted by Crippen LogP contribution is 2.31. The van der Waals surface area contributed by atoms with Crippen LogP contribution in [0.2, 0.25) is 0 Å². The molecule has 0 spiro atoms. The van der Waals surface area contributed by atoms with Gasteiger partial charge in [-0.25, -0.2) is 9.97 Å². The maximum absolute atomic E-state index is 4.81. The van der Waals surface area contributed by atoms with Crippen molar-refractivity contribution in [2.24, 2.45) is 0 Å². The highest BCUT2D eigenvalue weighted by molar-refractivity contribution is 6.07. The first-order valence-electron chi connectivity index (χ1n) is 8.74. The Hall–Kier alpha value is -3.40. The molecule has 2 heterocycles. The Kier molecular flexibility index (Phi) is 3.35. The molecule has 0 atom stereocenters. The summed E-state index contributed by atoms with van der Waals surface area (Å²) in [6.45, 7) is 2.74. The molecule has 0 saturated heterocycles. The summed E-state index contributed by atoms with van der Waals surface area (Å²) in [5, 5.41) is 5.87. The maximum atomic E-state index is 4.81. The van der Waals surface area contributed by atoms with Gasteiger partial charge in [-0.2, -0.15) is 0 Å². The molecule has 2 aromatic heterocycles. The van der Waals surface area contributed by atoms with Gasteiger partial charge in [0.05, 0.1) is 34.3 Å². The van der Waals surface area contributed by atoms with Crippen molar-refractivity contribution < 1.29 is 0 Å². The van der Waals surface area contributed by atoms with Gasteiger partial charge in [0, 0.05) is 10.8 Å². The summed E-state index contributed by atoms with van der Waals surface area (Å²) >= 11 is 0. The van der Waals surface area contributed by atoms with Crippen LogP contribution >= 0.6 is 0 Å². The molecule has 26 heavy (non-hydrogen) atoms. The first kappa shape index (κ1) is 14.9. The Morgan fingerprint density at radius 2 is 1.58 bits per heavy atom. The van der Waals surface area contributed by atoms with Crippen LogP contribution in [0, 0.1) is 6.92 Å². The lowest BCUT2D eigenvalue weighted by molar-refractivity contribution is 1.01. The number of aromatic amines is 1. The van der Waals surface area contributed by atoms with E-state index in [2.05, 4.69) is 58.6 Å². The van der Waals surface area contributed by atoms with Crippen molar-refractivity contribution in [3.05, 3.63) is 78.1 Å². The number of benzene rings is 3. The molecular formula is C22H18N4. The number of imidazole rings is 1. The lowest BCUT2D eigenvalue weighted by Crippen LogP contribution is -2.03. The van der Waals surface area contributed by atoms with Crippen LogP contribution in [-0.2, 0) is 6.54 Å². The second-order valence-corrected chi connectivity index (χ2v) is 6.58. The van der Waals surface area contributed by atoms with Crippen molar-refractivity contribution in [2.75, 3.05) is 5.32 Å². The normalized spacial score (nSPS) is 11.4. The number of aromatic nitrogens is 3. The highest BCUT2D eigenvalue weighted by Gasteiger charge is 2.10. The average molecular weight is 338 g/mol. The Morgan fingerprint density at radius 3 is 2.46 bits per heavy atom. The lowest BCUT2D eigenvalue weighted by atomic mass is 10.1. The fourth-order valence-electron chi connectivity index (χ4n) is 3.46. The monoisotopic (exact) mass is 338 g/mol. The third-order valence-electron chi connectivity index (χ3n) is 4.71. The van der Waals surface area contributed by atoms with Crippen LogP contribution < -0.4 is 5.32 Å². The number of fused-ring (bicyclic) bond motifs is 3. The molecule has 0 aliphatic rings. The smallest absolute Gasteiger partial charge is 0.126 e. The number of nitrogens with zero attached hydrogens (tertiary/aromatic N) is 2. The second kappa shape index (κ2) is 5.85. The molecule has 0 aliphatic carbocycles. The topological polar surface area (TPSA) is 53.6 Å². The number of hydrogen-bond donors (Lipinski definition) is 2. The second-order valence-electron chi connectivity index (χ2n) is 6.58. The van der Waals surface area contributed by atoms with E-state index in [1.165, 1.54) is 5.56 Å². The van der Waals surface area contributed by atoms with E-state index in [1.807, 2.05) is 30.3 Å². The fraction of sp³-hybridized carbons (Fsp3) is 0.0909. The molecule has 5 rings (SSSR count). The zero-order valence-electron chi connectivity index (χ0n) is 14.5. The molecule has 0 amide bonds. The van der Waals surface area contributed by atoms with Gasteiger partial charge in [-0.1, -0.05) is 42.0 Å². The van der Waals surface area contributed by atoms with Crippen LogP contribution in [0.4, 0.5) is 5.69 Å². The van der Waals surface area contributed by atoms with Crippen LogP contribution in [0.25, 0.3) is 32.8 Å². The Morgan fingerprint density at radius 1 is 0.808 bits per heavy atom. The van der Waals surface area contributed by atoms with Gasteiger partial charge in [0.15, 0.2) is 0 Å². The van der Waals surface area contributed by atoms with Gasteiger partial charge in [0.25, 0.3) is 0 Å². The fourth-order valence-corrected chi connectivity index (χ4v) is 3.46. The summed E-state index contributed by atoms with van der Waals surface area (Å²) in [5.41, 5.74) is 6.38. The van der Waals surface area contributed by atoms with E-state index in [1.54, 1.807) is 0 Å². The Balaban J connectivity index is 1.62. The molecular weight excluding hydrogens is 320 g/mol. The zero-order valence-corrected chi connectivity index (χ0v) is 14.5. The molecule has 0 fully saturated rings. The number of aryl methyl sites for hydroxylation is 1. The summed E-state index contributed by atoms with van der Waals surface area (Å²) in [4.78, 5) is 12.9. The molecule has 0 aliphatic heterocycles.